The first-order valence-corrected chi connectivity index (χ1v) is 6.85. The van der Waals surface area contributed by atoms with E-state index in [-0.39, 0.29) is 10.8 Å². The Bertz CT molecular complexity index is 572. The van der Waals surface area contributed by atoms with Crippen LogP contribution < -0.4 is 5.32 Å². The highest BCUT2D eigenvalue weighted by Gasteiger charge is 2.20. The maximum atomic E-state index is 13.8. The molecule has 0 unspecified atom stereocenters. The van der Waals surface area contributed by atoms with E-state index in [4.69, 9.17) is 11.6 Å². The van der Waals surface area contributed by atoms with E-state index < -0.39 is 0 Å². The highest BCUT2D eigenvalue weighted by molar-refractivity contribution is 6.30. The Kier molecular flexibility index (Phi) is 3.54. The summed E-state index contributed by atoms with van der Waals surface area (Å²) < 4.78 is 13.8. The maximum Gasteiger partial charge on any atom is 0.146 e. The third-order valence-corrected chi connectivity index (χ3v) is 3.96. The third-order valence-electron chi connectivity index (χ3n) is 3.66. The van der Waals surface area contributed by atoms with Gasteiger partial charge in [0.2, 0.25) is 0 Å². The fourth-order valence-electron chi connectivity index (χ4n) is 2.64. The predicted octanol–water partition coefficient (Wildman–Crippen LogP) is 3.74. The number of hydrogen-bond acceptors (Lipinski definition) is 1. The molecule has 0 spiro atoms. The number of rotatable bonds is 3. The summed E-state index contributed by atoms with van der Waals surface area (Å²) in [6, 6.07) is 14.0. The van der Waals surface area contributed by atoms with Gasteiger partial charge in [0.05, 0.1) is 5.02 Å². The standard InChI is InChI=1S/C16H15ClFN/c17-15-7-3-6-13(16(15)18)10-19-14-8-11-4-1-2-5-12(11)9-14/h1-7,14,19H,8-10H2. The molecule has 2 aromatic rings. The van der Waals surface area contributed by atoms with Crippen molar-refractivity contribution >= 4 is 11.6 Å². The van der Waals surface area contributed by atoms with Crippen molar-refractivity contribution in [3.63, 3.8) is 0 Å². The van der Waals surface area contributed by atoms with Gasteiger partial charge in [0.15, 0.2) is 0 Å². The molecule has 0 atom stereocenters. The molecule has 0 bridgehead atoms. The summed E-state index contributed by atoms with van der Waals surface area (Å²) >= 11 is 5.78. The third kappa shape index (κ3) is 2.65. The summed E-state index contributed by atoms with van der Waals surface area (Å²) in [5.41, 5.74) is 3.42. The van der Waals surface area contributed by atoms with Crippen molar-refractivity contribution in [1.29, 1.82) is 0 Å². The molecule has 98 valence electrons. The van der Waals surface area contributed by atoms with Crippen LogP contribution in [0.15, 0.2) is 42.5 Å². The Labute approximate surface area is 117 Å². The van der Waals surface area contributed by atoms with Gasteiger partial charge in [-0.25, -0.2) is 4.39 Å². The second kappa shape index (κ2) is 5.32. The minimum atomic E-state index is -0.313. The topological polar surface area (TPSA) is 12.0 Å². The maximum absolute atomic E-state index is 13.8. The summed E-state index contributed by atoms with van der Waals surface area (Å²) in [5, 5.41) is 3.60. The van der Waals surface area contributed by atoms with Crippen molar-refractivity contribution in [3.05, 3.63) is 70.0 Å². The molecule has 3 heteroatoms. The van der Waals surface area contributed by atoms with Crippen LogP contribution in [0.3, 0.4) is 0 Å². The zero-order chi connectivity index (χ0) is 13.2. The molecule has 1 aliphatic carbocycles. The van der Waals surface area contributed by atoms with E-state index in [1.54, 1.807) is 18.2 Å². The predicted molar refractivity (Wildman–Crippen MR) is 75.9 cm³/mol. The van der Waals surface area contributed by atoms with E-state index in [1.165, 1.54) is 11.1 Å². The van der Waals surface area contributed by atoms with Crippen LogP contribution in [0, 0.1) is 5.82 Å². The fourth-order valence-corrected chi connectivity index (χ4v) is 2.84. The Hall–Kier alpha value is -1.38. The normalized spacial score (nSPS) is 14.6. The molecule has 0 saturated heterocycles. The Morgan fingerprint density at radius 1 is 1.05 bits per heavy atom. The zero-order valence-electron chi connectivity index (χ0n) is 10.5. The van der Waals surface area contributed by atoms with E-state index in [1.807, 2.05) is 0 Å². The van der Waals surface area contributed by atoms with Crippen molar-refractivity contribution in [1.82, 2.24) is 5.32 Å². The van der Waals surface area contributed by atoms with E-state index in [9.17, 15) is 4.39 Å². The van der Waals surface area contributed by atoms with Gasteiger partial charge in [0, 0.05) is 18.2 Å². The number of fused-ring (bicyclic) bond motifs is 1. The molecule has 19 heavy (non-hydrogen) atoms. The second-order valence-electron chi connectivity index (χ2n) is 4.97. The zero-order valence-corrected chi connectivity index (χ0v) is 11.3. The molecule has 1 aliphatic rings. The van der Waals surface area contributed by atoms with Crippen molar-refractivity contribution < 1.29 is 4.39 Å². The molecule has 2 aromatic carbocycles. The average molecular weight is 276 g/mol. The SMILES string of the molecule is Fc1c(Cl)cccc1CNC1Cc2ccccc2C1. The molecule has 1 nitrogen and oxygen atoms in total. The van der Waals surface area contributed by atoms with Crippen LogP contribution in [0.5, 0.6) is 0 Å². The molecule has 3 rings (SSSR count). The number of hydrogen-bond donors (Lipinski definition) is 1. The summed E-state index contributed by atoms with van der Waals surface area (Å²) in [7, 11) is 0. The first-order chi connectivity index (χ1) is 9.24. The van der Waals surface area contributed by atoms with Crippen molar-refractivity contribution in [2.45, 2.75) is 25.4 Å². The lowest BCUT2D eigenvalue weighted by Crippen LogP contribution is -2.29. The van der Waals surface area contributed by atoms with Gasteiger partial charge in [-0.05, 0) is 30.0 Å². The molecule has 0 amide bonds. The average Bonchev–Trinajstić information content (AvgIpc) is 2.83. The van der Waals surface area contributed by atoms with Crippen molar-refractivity contribution in [2.24, 2.45) is 0 Å². The van der Waals surface area contributed by atoms with Crippen molar-refractivity contribution in [3.8, 4) is 0 Å². The molecule has 0 aliphatic heterocycles. The molecule has 0 radical (unpaired) electrons. The highest BCUT2D eigenvalue weighted by atomic mass is 35.5. The first kappa shape index (κ1) is 12.6. The van der Waals surface area contributed by atoms with Gasteiger partial charge in [-0.3, -0.25) is 0 Å². The minimum Gasteiger partial charge on any atom is -0.309 e. The largest absolute Gasteiger partial charge is 0.309 e. The second-order valence-corrected chi connectivity index (χ2v) is 5.37. The summed E-state index contributed by atoms with van der Waals surface area (Å²) in [5.74, 6) is -0.313. The van der Waals surface area contributed by atoms with Gasteiger partial charge in [-0.1, -0.05) is 48.0 Å². The van der Waals surface area contributed by atoms with Crippen LogP contribution >= 0.6 is 11.6 Å². The highest BCUT2D eigenvalue weighted by Crippen LogP contribution is 2.23. The first-order valence-electron chi connectivity index (χ1n) is 6.47. The van der Waals surface area contributed by atoms with Crippen LogP contribution in [0.25, 0.3) is 0 Å². The molecule has 0 heterocycles. The lowest BCUT2D eigenvalue weighted by Gasteiger charge is -2.12. The van der Waals surface area contributed by atoms with E-state index in [0.29, 0.717) is 18.2 Å². The Balaban J connectivity index is 1.64. The fraction of sp³-hybridized carbons (Fsp3) is 0.250. The van der Waals surface area contributed by atoms with E-state index >= 15 is 0 Å². The van der Waals surface area contributed by atoms with Crippen LogP contribution in [-0.4, -0.2) is 6.04 Å². The van der Waals surface area contributed by atoms with Crippen LogP contribution in [0.1, 0.15) is 16.7 Å². The molecule has 0 aromatic heterocycles. The van der Waals surface area contributed by atoms with Crippen LogP contribution in [0.4, 0.5) is 4.39 Å². The quantitative estimate of drug-likeness (QED) is 0.900. The lowest BCUT2D eigenvalue weighted by molar-refractivity contribution is 0.516. The Morgan fingerprint density at radius 3 is 2.42 bits per heavy atom. The van der Waals surface area contributed by atoms with Gasteiger partial charge in [-0.2, -0.15) is 0 Å². The molecule has 1 N–H and O–H groups in total. The summed E-state index contributed by atoms with van der Waals surface area (Å²) in [6.45, 7) is 0.519. The van der Waals surface area contributed by atoms with Crippen LogP contribution in [0.2, 0.25) is 5.02 Å². The van der Waals surface area contributed by atoms with Gasteiger partial charge in [0.25, 0.3) is 0 Å². The van der Waals surface area contributed by atoms with E-state index in [2.05, 4.69) is 29.6 Å². The molecule has 0 saturated carbocycles. The number of nitrogens with one attached hydrogen (secondary N) is 1. The van der Waals surface area contributed by atoms with Crippen molar-refractivity contribution in [2.75, 3.05) is 0 Å². The lowest BCUT2D eigenvalue weighted by atomic mass is 10.1. The smallest absolute Gasteiger partial charge is 0.146 e. The van der Waals surface area contributed by atoms with Gasteiger partial charge >= 0.3 is 0 Å². The van der Waals surface area contributed by atoms with Gasteiger partial charge in [-0.15, -0.1) is 0 Å². The summed E-state index contributed by atoms with van der Waals surface area (Å²) in [4.78, 5) is 0. The van der Waals surface area contributed by atoms with Crippen LogP contribution in [-0.2, 0) is 19.4 Å². The Morgan fingerprint density at radius 2 is 1.74 bits per heavy atom. The monoisotopic (exact) mass is 275 g/mol. The van der Waals surface area contributed by atoms with Gasteiger partial charge < -0.3 is 5.32 Å². The molecular weight excluding hydrogens is 261 g/mol. The molecular formula is C16H15ClFN. The minimum absolute atomic E-state index is 0.189. The van der Waals surface area contributed by atoms with Gasteiger partial charge in [0.1, 0.15) is 5.82 Å². The number of benzene rings is 2. The summed E-state index contributed by atoms with van der Waals surface area (Å²) in [6.07, 6.45) is 2.02. The molecule has 0 fully saturated rings. The number of halogens is 2. The van der Waals surface area contributed by atoms with E-state index in [0.717, 1.165) is 12.8 Å².